The van der Waals surface area contributed by atoms with Gasteiger partial charge in [0.15, 0.2) is 0 Å². The van der Waals surface area contributed by atoms with E-state index in [4.69, 9.17) is 0 Å². The molecular formula is C18H21BrO2. The molecule has 2 aromatic rings. The van der Waals surface area contributed by atoms with Gasteiger partial charge in [0.25, 0.3) is 0 Å². The first-order valence-electron chi connectivity index (χ1n) is 7.29. The smallest absolute Gasteiger partial charge is 0.115 e. The Morgan fingerprint density at radius 2 is 1.24 bits per heavy atom. The summed E-state index contributed by atoms with van der Waals surface area (Å²) in [5.41, 5.74) is 2.49. The first-order valence-corrected chi connectivity index (χ1v) is 8.41. The van der Waals surface area contributed by atoms with Gasteiger partial charge in [-0.05, 0) is 60.1 Å². The van der Waals surface area contributed by atoms with Gasteiger partial charge in [-0.15, -0.1) is 0 Å². The summed E-state index contributed by atoms with van der Waals surface area (Å²) in [4.78, 5) is 0. The molecule has 2 nitrogen and oxygen atoms in total. The molecule has 0 heterocycles. The highest BCUT2D eigenvalue weighted by Gasteiger charge is 2.23. The SMILES string of the molecule is CC[C@H](c1ccc(O)cc1)[C@@H](CCBr)c1ccc(O)cc1. The minimum absolute atomic E-state index is 0.300. The van der Waals surface area contributed by atoms with E-state index in [0.717, 1.165) is 18.2 Å². The quantitative estimate of drug-likeness (QED) is 0.707. The molecule has 0 aliphatic rings. The molecule has 0 saturated heterocycles. The average Bonchev–Trinajstić information content (AvgIpc) is 2.50. The van der Waals surface area contributed by atoms with Crippen LogP contribution >= 0.6 is 15.9 Å². The maximum absolute atomic E-state index is 9.47. The van der Waals surface area contributed by atoms with Crippen LogP contribution in [0.3, 0.4) is 0 Å². The van der Waals surface area contributed by atoms with Crippen molar-refractivity contribution < 1.29 is 10.2 Å². The molecule has 0 aliphatic heterocycles. The number of hydrogen-bond acceptors (Lipinski definition) is 2. The number of hydrogen-bond donors (Lipinski definition) is 2. The number of alkyl halides is 1. The van der Waals surface area contributed by atoms with Gasteiger partial charge >= 0.3 is 0 Å². The third kappa shape index (κ3) is 4.01. The molecule has 3 heteroatoms. The van der Waals surface area contributed by atoms with E-state index in [1.807, 2.05) is 24.3 Å². The zero-order valence-corrected chi connectivity index (χ0v) is 13.8. The third-order valence-corrected chi connectivity index (χ3v) is 4.45. The van der Waals surface area contributed by atoms with E-state index < -0.39 is 0 Å². The Morgan fingerprint density at radius 1 is 0.810 bits per heavy atom. The van der Waals surface area contributed by atoms with E-state index in [0.29, 0.717) is 23.3 Å². The van der Waals surface area contributed by atoms with E-state index in [1.54, 1.807) is 24.3 Å². The Labute approximate surface area is 134 Å². The van der Waals surface area contributed by atoms with Crippen LogP contribution in [0.5, 0.6) is 11.5 Å². The lowest BCUT2D eigenvalue weighted by molar-refractivity contribution is 0.470. The zero-order valence-electron chi connectivity index (χ0n) is 12.2. The maximum atomic E-state index is 9.47. The highest BCUT2D eigenvalue weighted by molar-refractivity contribution is 9.09. The van der Waals surface area contributed by atoms with Crippen molar-refractivity contribution in [3.63, 3.8) is 0 Å². The van der Waals surface area contributed by atoms with Crippen molar-refractivity contribution in [3.05, 3.63) is 59.7 Å². The maximum Gasteiger partial charge on any atom is 0.115 e. The summed E-state index contributed by atoms with van der Waals surface area (Å²) in [6.07, 6.45) is 2.06. The van der Waals surface area contributed by atoms with Crippen LogP contribution in [0.25, 0.3) is 0 Å². The van der Waals surface area contributed by atoms with Gasteiger partial charge in [-0.1, -0.05) is 47.1 Å². The predicted octanol–water partition coefficient (Wildman–Crippen LogP) is 5.16. The fraction of sp³-hybridized carbons (Fsp3) is 0.333. The molecular weight excluding hydrogens is 328 g/mol. The number of rotatable bonds is 6. The van der Waals surface area contributed by atoms with Gasteiger partial charge < -0.3 is 10.2 Å². The van der Waals surface area contributed by atoms with Gasteiger partial charge in [-0.2, -0.15) is 0 Å². The van der Waals surface area contributed by atoms with E-state index in [1.165, 1.54) is 11.1 Å². The van der Waals surface area contributed by atoms with E-state index in [-0.39, 0.29) is 0 Å². The molecule has 0 aliphatic carbocycles. The predicted molar refractivity (Wildman–Crippen MR) is 90.4 cm³/mol. The second-order valence-corrected chi connectivity index (χ2v) is 6.07. The third-order valence-electron chi connectivity index (χ3n) is 3.99. The van der Waals surface area contributed by atoms with Crippen molar-refractivity contribution in [2.45, 2.75) is 31.6 Å². The van der Waals surface area contributed by atoms with Gasteiger partial charge in [0.2, 0.25) is 0 Å². The van der Waals surface area contributed by atoms with Crippen molar-refractivity contribution in [2.75, 3.05) is 5.33 Å². The highest BCUT2D eigenvalue weighted by Crippen LogP contribution is 2.39. The molecule has 0 radical (unpaired) electrons. The Bertz CT molecular complexity index is 548. The van der Waals surface area contributed by atoms with Crippen molar-refractivity contribution in [2.24, 2.45) is 0 Å². The molecule has 0 saturated carbocycles. The van der Waals surface area contributed by atoms with Crippen LogP contribution in [0, 0.1) is 0 Å². The van der Waals surface area contributed by atoms with Crippen LogP contribution in [-0.4, -0.2) is 15.5 Å². The molecule has 0 unspecified atom stereocenters. The summed E-state index contributed by atoms with van der Waals surface area (Å²) in [5.74, 6) is 1.39. The molecule has 112 valence electrons. The summed E-state index contributed by atoms with van der Waals surface area (Å²) in [6.45, 7) is 2.19. The van der Waals surface area contributed by atoms with E-state index >= 15 is 0 Å². The lowest BCUT2D eigenvalue weighted by atomic mass is 9.78. The average molecular weight is 349 g/mol. The Balaban J connectivity index is 2.33. The Kier molecular flexibility index (Phi) is 5.68. The summed E-state index contributed by atoms with van der Waals surface area (Å²) in [7, 11) is 0. The Morgan fingerprint density at radius 3 is 1.62 bits per heavy atom. The topological polar surface area (TPSA) is 40.5 Å². The van der Waals surface area contributed by atoms with Crippen LogP contribution in [0.1, 0.15) is 42.7 Å². The molecule has 0 bridgehead atoms. The fourth-order valence-electron chi connectivity index (χ4n) is 2.91. The van der Waals surface area contributed by atoms with Crippen molar-refractivity contribution in [1.29, 1.82) is 0 Å². The summed E-state index contributed by atoms with van der Waals surface area (Å²) in [6, 6.07) is 15.0. The number of halogens is 1. The molecule has 2 N–H and O–H groups in total. The molecule has 0 amide bonds. The standard InChI is InChI=1S/C18H21BrO2/c1-2-17(13-3-7-15(20)8-4-13)18(11-12-19)14-5-9-16(21)10-6-14/h3-10,17-18,20-21H,2,11-12H2,1H3/t17-,18+/m1/s1. The summed E-state index contributed by atoms with van der Waals surface area (Å²) >= 11 is 3.55. The van der Waals surface area contributed by atoms with Crippen LogP contribution in [-0.2, 0) is 0 Å². The number of benzene rings is 2. The number of phenolic OH excluding ortho intramolecular Hbond substituents is 2. The van der Waals surface area contributed by atoms with Crippen molar-refractivity contribution in [1.82, 2.24) is 0 Å². The molecule has 2 aromatic carbocycles. The van der Waals surface area contributed by atoms with Crippen molar-refractivity contribution in [3.8, 4) is 11.5 Å². The minimum atomic E-state index is 0.300. The molecule has 21 heavy (non-hydrogen) atoms. The first kappa shape index (κ1) is 15.9. The molecule has 0 spiro atoms. The molecule has 2 rings (SSSR count). The second-order valence-electron chi connectivity index (χ2n) is 5.28. The minimum Gasteiger partial charge on any atom is -0.508 e. The van der Waals surface area contributed by atoms with Gasteiger partial charge in [-0.3, -0.25) is 0 Å². The summed E-state index contributed by atoms with van der Waals surface area (Å²) < 4.78 is 0. The van der Waals surface area contributed by atoms with Gasteiger partial charge in [-0.25, -0.2) is 0 Å². The number of aromatic hydroxyl groups is 2. The largest absolute Gasteiger partial charge is 0.508 e. The molecule has 0 fully saturated rings. The van der Waals surface area contributed by atoms with Gasteiger partial charge in [0, 0.05) is 5.33 Å². The van der Waals surface area contributed by atoms with Crippen LogP contribution in [0.4, 0.5) is 0 Å². The lowest BCUT2D eigenvalue weighted by Gasteiger charge is -2.27. The van der Waals surface area contributed by atoms with Crippen LogP contribution < -0.4 is 0 Å². The molecule has 2 atom stereocenters. The molecule has 0 aromatic heterocycles. The fourth-order valence-corrected chi connectivity index (χ4v) is 3.41. The lowest BCUT2D eigenvalue weighted by Crippen LogP contribution is -2.11. The van der Waals surface area contributed by atoms with Gasteiger partial charge in [0.05, 0.1) is 0 Å². The number of phenols is 2. The first-order chi connectivity index (χ1) is 10.2. The van der Waals surface area contributed by atoms with Crippen LogP contribution in [0.15, 0.2) is 48.5 Å². The van der Waals surface area contributed by atoms with E-state index in [9.17, 15) is 10.2 Å². The second kappa shape index (κ2) is 7.51. The highest BCUT2D eigenvalue weighted by atomic mass is 79.9. The van der Waals surface area contributed by atoms with Crippen LogP contribution in [0.2, 0.25) is 0 Å². The van der Waals surface area contributed by atoms with E-state index in [2.05, 4.69) is 22.9 Å². The Hall–Kier alpha value is -1.48. The van der Waals surface area contributed by atoms with Crippen molar-refractivity contribution >= 4 is 15.9 Å². The summed E-state index contributed by atoms with van der Waals surface area (Å²) in [5, 5.41) is 19.9. The normalized spacial score (nSPS) is 13.8. The van der Waals surface area contributed by atoms with Gasteiger partial charge in [0.1, 0.15) is 11.5 Å². The zero-order chi connectivity index (χ0) is 15.2. The monoisotopic (exact) mass is 348 g/mol.